The van der Waals surface area contributed by atoms with Gasteiger partial charge < -0.3 is 19.4 Å². The van der Waals surface area contributed by atoms with Gasteiger partial charge in [0.15, 0.2) is 6.10 Å². The van der Waals surface area contributed by atoms with Crippen molar-refractivity contribution in [1.82, 2.24) is 10.2 Å². The Morgan fingerprint density at radius 3 is 2.56 bits per heavy atom. The summed E-state index contributed by atoms with van der Waals surface area (Å²) < 4.78 is 11.6. The van der Waals surface area contributed by atoms with Gasteiger partial charge in [0.25, 0.3) is 5.91 Å². The van der Waals surface area contributed by atoms with E-state index in [1.807, 2.05) is 30.9 Å². The van der Waals surface area contributed by atoms with Gasteiger partial charge in [0.05, 0.1) is 0 Å². The number of aryl methyl sites for hydroxylation is 2. The third kappa shape index (κ3) is 4.96. The third-order valence-corrected chi connectivity index (χ3v) is 7.17. The van der Waals surface area contributed by atoms with Crippen LogP contribution in [-0.2, 0) is 11.2 Å². The second kappa shape index (κ2) is 10.3. The van der Waals surface area contributed by atoms with E-state index in [1.54, 1.807) is 6.07 Å². The molecule has 1 N–H and O–H groups in total. The Morgan fingerprint density at radius 1 is 1.22 bits per heavy atom. The van der Waals surface area contributed by atoms with Gasteiger partial charge in [0, 0.05) is 30.1 Å². The lowest BCUT2D eigenvalue weighted by molar-refractivity contribution is -0.140. The average Bonchev–Trinajstić information content (AvgIpc) is 2.77. The third-order valence-electron chi connectivity index (χ3n) is 7.17. The molecule has 1 spiro atoms. The summed E-state index contributed by atoms with van der Waals surface area (Å²) in [4.78, 5) is 27.0. The van der Waals surface area contributed by atoms with Gasteiger partial charge in [-0.3, -0.25) is 4.79 Å². The van der Waals surface area contributed by atoms with E-state index in [0.717, 1.165) is 68.4 Å². The number of ether oxygens (including phenoxy) is 1. The van der Waals surface area contributed by atoms with Crippen molar-refractivity contribution in [1.29, 1.82) is 0 Å². The predicted octanol–water partition coefficient (Wildman–Crippen LogP) is 4.24. The summed E-state index contributed by atoms with van der Waals surface area (Å²) >= 11 is 0. The molecule has 4 rings (SSSR count). The summed E-state index contributed by atoms with van der Waals surface area (Å²) in [6.45, 7) is 9.57. The molecular weight excluding hydrogens is 428 g/mol. The molecule has 0 saturated carbocycles. The highest BCUT2D eigenvalue weighted by atomic mass is 35.5. The van der Waals surface area contributed by atoms with E-state index in [0.29, 0.717) is 16.7 Å². The Balaban J connectivity index is 0.00000289. The fourth-order valence-corrected chi connectivity index (χ4v) is 5.17. The zero-order valence-electron chi connectivity index (χ0n) is 19.4. The molecule has 1 aromatic carbocycles. The largest absolute Gasteiger partial charge is 0.480 e. The Hall–Kier alpha value is -2.05. The molecule has 1 atom stereocenters. The van der Waals surface area contributed by atoms with E-state index < -0.39 is 6.10 Å². The number of amides is 1. The molecule has 176 valence electrons. The molecule has 2 aliphatic heterocycles. The molecule has 3 heterocycles. The maximum Gasteiger partial charge on any atom is 0.336 e. The van der Waals surface area contributed by atoms with Gasteiger partial charge in [-0.2, -0.15) is 0 Å². The summed E-state index contributed by atoms with van der Waals surface area (Å²) in [6, 6.07) is 5.40. The first-order chi connectivity index (χ1) is 14.9. The van der Waals surface area contributed by atoms with Gasteiger partial charge in [0.1, 0.15) is 11.3 Å². The van der Waals surface area contributed by atoms with Crippen LogP contribution < -0.4 is 15.7 Å². The Labute approximate surface area is 196 Å². The van der Waals surface area contributed by atoms with Crippen molar-refractivity contribution in [3.8, 4) is 5.75 Å². The molecule has 7 heteroatoms. The molecule has 2 saturated heterocycles. The molecule has 6 nitrogen and oxygen atoms in total. The van der Waals surface area contributed by atoms with Crippen molar-refractivity contribution in [2.45, 2.75) is 65.4 Å². The first kappa shape index (κ1) is 24.6. The molecule has 32 heavy (non-hydrogen) atoms. The minimum Gasteiger partial charge on any atom is -0.480 e. The average molecular weight is 463 g/mol. The highest BCUT2D eigenvalue weighted by molar-refractivity contribution is 5.86. The van der Waals surface area contributed by atoms with E-state index in [4.69, 9.17) is 9.15 Å². The SMILES string of the molecule is CCCc1cc(=O)oc2c(C)c(OC(C)C(=O)N3CCC4(CCNCC4)CC3)ccc12.Cl. The minimum atomic E-state index is -0.580. The number of carbonyl (C=O) groups excluding carboxylic acids is 1. The Morgan fingerprint density at radius 2 is 1.91 bits per heavy atom. The van der Waals surface area contributed by atoms with E-state index in [-0.39, 0.29) is 23.9 Å². The van der Waals surface area contributed by atoms with Gasteiger partial charge in [-0.1, -0.05) is 13.3 Å². The number of benzene rings is 1. The van der Waals surface area contributed by atoms with Crippen LogP contribution in [0, 0.1) is 12.3 Å². The van der Waals surface area contributed by atoms with Crippen LogP contribution in [0.3, 0.4) is 0 Å². The van der Waals surface area contributed by atoms with Gasteiger partial charge >= 0.3 is 5.63 Å². The number of carbonyl (C=O) groups is 1. The molecule has 1 unspecified atom stereocenters. The molecule has 0 bridgehead atoms. The second-order valence-corrected chi connectivity index (χ2v) is 9.24. The van der Waals surface area contributed by atoms with E-state index >= 15 is 0 Å². The topological polar surface area (TPSA) is 71.8 Å². The fourth-order valence-electron chi connectivity index (χ4n) is 5.17. The lowest BCUT2D eigenvalue weighted by Crippen LogP contribution is -2.50. The van der Waals surface area contributed by atoms with Crippen LogP contribution in [0.5, 0.6) is 5.75 Å². The van der Waals surface area contributed by atoms with E-state index in [2.05, 4.69) is 12.2 Å². The number of piperidine rings is 2. The number of hydrogen-bond donors (Lipinski definition) is 1. The van der Waals surface area contributed by atoms with Crippen molar-refractivity contribution in [3.63, 3.8) is 0 Å². The lowest BCUT2D eigenvalue weighted by atomic mass is 9.71. The first-order valence-electron chi connectivity index (χ1n) is 11.6. The van der Waals surface area contributed by atoms with E-state index in [9.17, 15) is 9.59 Å². The number of halogens is 1. The second-order valence-electron chi connectivity index (χ2n) is 9.24. The highest BCUT2D eigenvalue weighted by Crippen LogP contribution is 2.39. The van der Waals surface area contributed by atoms with Gasteiger partial charge in [-0.05, 0) is 82.2 Å². The maximum atomic E-state index is 13.1. The Kier molecular flexibility index (Phi) is 7.88. The summed E-state index contributed by atoms with van der Waals surface area (Å²) in [5.41, 5.74) is 2.38. The molecule has 0 radical (unpaired) electrons. The molecule has 0 aliphatic carbocycles. The van der Waals surface area contributed by atoms with Crippen molar-refractivity contribution >= 4 is 29.3 Å². The molecule has 2 aromatic rings. The van der Waals surface area contributed by atoms with Crippen molar-refractivity contribution in [2.75, 3.05) is 26.2 Å². The number of nitrogens with one attached hydrogen (secondary N) is 1. The number of nitrogens with zero attached hydrogens (tertiary/aromatic N) is 1. The van der Waals surface area contributed by atoms with Crippen LogP contribution in [0.25, 0.3) is 11.0 Å². The summed E-state index contributed by atoms with van der Waals surface area (Å²) in [5.74, 6) is 0.626. The van der Waals surface area contributed by atoms with Crippen LogP contribution in [0.1, 0.15) is 57.1 Å². The van der Waals surface area contributed by atoms with E-state index in [1.165, 1.54) is 12.8 Å². The molecule has 1 aromatic heterocycles. The quantitative estimate of drug-likeness (QED) is 0.673. The lowest BCUT2D eigenvalue weighted by Gasteiger charge is -2.44. The van der Waals surface area contributed by atoms with Crippen LogP contribution in [0.2, 0.25) is 0 Å². The van der Waals surface area contributed by atoms with Gasteiger partial charge in [0.2, 0.25) is 0 Å². The van der Waals surface area contributed by atoms with Crippen LogP contribution in [0.4, 0.5) is 0 Å². The number of hydrogen-bond acceptors (Lipinski definition) is 5. The van der Waals surface area contributed by atoms with Crippen LogP contribution in [-0.4, -0.2) is 43.1 Å². The monoisotopic (exact) mass is 462 g/mol. The number of fused-ring (bicyclic) bond motifs is 1. The minimum absolute atomic E-state index is 0. The first-order valence-corrected chi connectivity index (χ1v) is 11.6. The predicted molar refractivity (Wildman–Crippen MR) is 129 cm³/mol. The normalized spacial score (nSPS) is 18.9. The van der Waals surface area contributed by atoms with Gasteiger partial charge in [-0.25, -0.2) is 4.79 Å². The zero-order valence-corrected chi connectivity index (χ0v) is 20.2. The summed E-state index contributed by atoms with van der Waals surface area (Å²) in [7, 11) is 0. The van der Waals surface area contributed by atoms with Crippen LogP contribution in [0.15, 0.2) is 27.4 Å². The highest BCUT2D eigenvalue weighted by Gasteiger charge is 2.37. The van der Waals surface area contributed by atoms with Gasteiger partial charge in [-0.15, -0.1) is 12.4 Å². The molecular formula is C25H35ClN2O4. The molecule has 2 fully saturated rings. The van der Waals surface area contributed by atoms with Crippen molar-refractivity contribution in [2.24, 2.45) is 5.41 Å². The summed E-state index contributed by atoms with van der Waals surface area (Å²) in [6.07, 6.45) is 5.77. The van der Waals surface area contributed by atoms with Crippen molar-refractivity contribution < 1.29 is 13.9 Å². The Bertz CT molecular complexity index is 1000. The summed E-state index contributed by atoms with van der Waals surface area (Å²) in [5, 5.41) is 4.38. The maximum absolute atomic E-state index is 13.1. The number of rotatable bonds is 5. The molecule has 1 amide bonds. The fraction of sp³-hybridized carbons (Fsp3) is 0.600. The van der Waals surface area contributed by atoms with Crippen LogP contribution >= 0.6 is 12.4 Å². The number of likely N-dealkylation sites (tertiary alicyclic amines) is 1. The zero-order chi connectivity index (χ0) is 22.0. The standard InChI is InChI=1S/C25H34N2O4.ClH/c1-4-5-19-16-22(28)31-23-17(2)21(7-6-20(19)23)30-18(3)24(29)27-14-10-25(11-15-27)8-12-26-13-9-25;/h6-7,16,18,26H,4-5,8-15H2,1-3H3;1H. The smallest absolute Gasteiger partial charge is 0.336 e. The van der Waals surface area contributed by atoms with Crippen molar-refractivity contribution in [3.05, 3.63) is 39.7 Å². The molecule has 2 aliphatic rings.